The Kier molecular flexibility index (Phi) is 6.83. The van der Waals surface area contributed by atoms with Crippen LogP contribution in [0.1, 0.15) is 0 Å². The van der Waals surface area contributed by atoms with E-state index < -0.39 is 10.0 Å². The second-order valence-corrected chi connectivity index (χ2v) is 9.62. The number of carbonyl (C=O) groups is 1. The average molecular weight is 463 g/mol. The van der Waals surface area contributed by atoms with Gasteiger partial charge < -0.3 is 15.9 Å². The molecular formula is C19H22N6O4S2. The van der Waals surface area contributed by atoms with Gasteiger partial charge in [-0.3, -0.25) is 4.79 Å². The number of nitrogens with two attached hydrogens (primary N) is 1. The van der Waals surface area contributed by atoms with Crippen molar-refractivity contribution >= 4 is 33.4 Å². The Morgan fingerprint density at radius 1 is 1.19 bits per heavy atom. The van der Waals surface area contributed by atoms with Gasteiger partial charge in [0.2, 0.25) is 21.1 Å². The second kappa shape index (κ2) is 9.37. The van der Waals surface area contributed by atoms with E-state index in [0.29, 0.717) is 28.0 Å². The number of thioether (sulfide) groups is 1. The first kappa shape index (κ1) is 22.6. The van der Waals surface area contributed by atoms with Crippen molar-refractivity contribution < 1.29 is 17.9 Å². The lowest BCUT2D eigenvalue weighted by Gasteiger charge is -2.12. The molecule has 0 saturated heterocycles. The first-order valence-electron chi connectivity index (χ1n) is 9.03. The molecule has 12 heteroatoms. The number of rotatable bonds is 8. The Labute approximate surface area is 184 Å². The van der Waals surface area contributed by atoms with E-state index >= 15 is 0 Å². The van der Waals surface area contributed by atoms with Crippen LogP contribution >= 0.6 is 11.8 Å². The van der Waals surface area contributed by atoms with Crippen molar-refractivity contribution in [2.75, 3.05) is 38.1 Å². The number of ether oxygens (including phenoxy) is 1. The first-order chi connectivity index (χ1) is 14.7. The molecule has 3 aromatic rings. The van der Waals surface area contributed by atoms with Gasteiger partial charge in [-0.05, 0) is 30.3 Å². The Bertz CT molecular complexity index is 1190. The summed E-state index contributed by atoms with van der Waals surface area (Å²) in [7, 11) is 0.841. The topological polar surface area (TPSA) is 132 Å². The van der Waals surface area contributed by atoms with Gasteiger partial charge in [0.15, 0.2) is 5.82 Å². The standard InChI is InChI=1S/C19H22N6O4S2/c1-24(2)31(27,28)14-8-6-7-13(11-14)21-17(26)12-30-19-23-22-18(25(19)20)15-9-4-5-10-16(15)29-3/h4-11H,12,20H2,1-3H3,(H,21,26). The predicted molar refractivity (Wildman–Crippen MR) is 119 cm³/mol. The summed E-state index contributed by atoms with van der Waals surface area (Å²) in [5, 5.41) is 11.2. The van der Waals surface area contributed by atoms with Crippen LogP contribution in [-0.4, -0.2) is 60.5 Å². The smallest absolute Gasteiger partial charge is 0.242 e. The summed E-state index contributed by atoms with van der Waals surface area (Å²) in [6, 6.07) is 13.3. The molecule has 0 bridgehead atoms. The summed E-state index contributed by atoms with van der Waals surface area (Å²) < 4.78 is 32.2. The Balaban J connectivity index is 1.68. The largest absolute Gasteiger partial charge is 0.496 e. The SMILES string of the molecule is COc1ccccc1-c1nnc(SCC(=O)Nc2cccc(S(=O)(=O)N(C)C)c2)n1N. The molecule has 0 fully saturated rings. The van der Waals surface area contributed by atoms with Crippen molar-refractivity contribution in [1.82, 2.24) is 19.2 Å². The number of aromatic nitrogens is 3. The summed E-state index contributed by atoms with van der Waals surface area (Å²) in [5.74, 6) is 6.78. The van der Waals surface area contributed by atoms with Gasteiger partial charge in [-0.15, -0.1) is 10.2 Å². The summed E-state index contributed by atoms with van der Waals surface area (Å²) in [4.78, 5) is 12.4. The van der Waals surface area contributed by atoms with Crippen LogP contribution in [0.3, 0.4) is 0 Å². The highest BCUT2D eigenvalue weighted by atomic mass is 32.2. The third-order valence-electron chi connectivity index (χ3n) is 4.24. The molecule has 31 heavy (non-hydrogen) atoms. The number of nitrogens with one attached hydrogen (secondary N) is 1. The summed E-state index contributed by atoms with van der Waals surface area (Å²) in [6.45, 7) is 0. The van der Waals surface area contributed by atoms with Gasteiger partial charge >= 0.3 is 0 Å². The fourth-order valence-electron chi connectivity index (χ4n) is 2.66. The van der Waals surface area contributed by atoms with Gasteiger partial charge in [-0.2, -0.15) is 0 Å². The number of methoxy groups -OCH3 is 1. The lowest BCUT2D eigenvalue weighted by atomic mass is 10.2. The summed E-state index contributed by atoms with van der Waals surface area (Å²) in [5.41, 5.74) is 1.05. The summed E-state index contributed by atoms with van der Waals surface area (Å²) in [6.07, 6.45) is 0. The minimum Gasteiger partial charge on any atom is -0.496 e. The zero-order valence-electron chi connectivity index (χ0n) is 17.1. The van der Waals surface area contributed by atoms with Crippen molar-refractivity contribution in [3.63, 3.8) is 0 Å². The van der Waals surface area contributed by atoms with Crippen LogP contribution in [0.15, 0.2) is 58.6 Å². The molecule has 0 atom stereocenters. The van der Waals surface area contributed by atoms with E-state index in [1.54, 1.807) is 25.3 Å². The van der Waals surface area contributed by atoms with Gasteiger partial charge in [-0.25, -0.2) is 17.4 Å². The van der Waals surface area contributed by atoms with Crippen molar-refractivity contribution in [3.8, 4) is 17.1 Å². The van der Waals surface area contributed by atoms with E-state index in [2.05, 4.69) is 15.5 Å². The van der Waals surface area contributed by atoms with E-state index in [1.807, 2.05) is 18.2 Å². The average Bonchev–Trinajstić information content (AvgIpc) is 3.12. The monoisotopic (exact) mass is 462 g/mol. The Morgan fingerprint density at radius 3 is 2.65 bits per heavy atom. The molecule has 0 unspecified atom stereocenters. The Morgan fingerprint density at radius 2 is 1.94 bits per heavy atom. The number of sulfonamides is 1. The zero-order chi connectivity index (χ0) is 22.6. The minimum atomic E-state index is -3.60. The molecule has 2 aromatic carbocycles. The number of nitrogen functional groups attached to an aromatic ring is 1. The fourth-order valence-corrected chi connectivity index (χ4v) is 4.27. The molecule has 0 aliphatic heterocycles. The van der Waals surface area contributed by atoms with Crippen LogP contribution in [0.2, 0.25) is 0 Å². The lowest BCUT2D eigenvalue weighted by molar-refractivity contribution is -0.113. The van der Waals surface area contributed by atoms with E-state index in [1.165, 1.54) is 30.9 Å². The number of benzene rings is 2. The molecule has 3 N–H and O–H groups in total. The predicted octanol–water partition coefficient (Wildman–Crippen LogP) is 1.65. The highest BCUT2D eigenvalue weighted by Gasteiger charge is 2.19. The number of para-hydroxylation sites is 1. The normalized spacial score (nSPS) is 11.5. The number of hydrogen-bond donors (Lipinski definition) is 2. The number of hydrogen-bond acceptors (Lipinski definition) is 8. The molecule has 3 rings (SSSR count). The molecule has 0 aliphatic carbocycles. The van der Waals surface area contributed by atoms with Gasteiger partial charge in [-0.1, -0.05) is 30.0 Å². The lowest BCUT2D eigenvalue weighted by Crippen LogP contribution is -2.22. The summed E-state index contributed by atoms with van der Waals surface area (Å²) >= 11 is 1.10. The highest BCUT2D eigenvalue weighted by Crippen LogP contribution is 2.29. The molecule has 10 nitrogen and oxygen atoms in total. The third kappa shape index (κ3) is 4.98. The van der Waals surface area contributed by atoms with Crippen LogP contribution in [-0.2, 0) is 14.8 Å². The highest BCUT2D eigenvalue weighted by molar-refractivity contribution is 7.99. The molecule has 1 amide bonds. The van der Waals surface area contributed by atoms with Crippen LogP contribution in [0.5, 0.6) is 5.75 Å². The quantitative estimate of drug-likeness (QED) is 0.381. The molecule has 0 radical (unpaired) electrons. The molecule has 0 aliphatic rings. The fraction of sp³-hybridized carbons (Fsp3) is 0.211. The van der Waals surface area contributed by atoms with Crippen LogP contribution in [0.25, 0.3) is 11.4 Å². The number of nitrogens with zero attached hydrogens (tertiary/aromatic N) is 4. The molecule has 164 valence electrons. The molecular weight excluding hydrogens is 440 g/mol. The van der Waals surface area contributed by atoms with Gasteiger partial charge in [0.25, 0.3) is 0 Å². The van der Waals surface area contributed by atoms with Crippen LogP contribution in [0, 0.1) is 0 Å². The van der Waals surface area contributed by atoms with Crippen LogP contribution in [0.4, 0.5) is 5.69 Å². The molecule has 1 heterocycles. The number of carbonyl (C=O) groups excluding carboxylic acids is 1. The zero-order valence-corrected chi connectivity index (χ0v) is 18.8. The minimum absolute atomic E-state index is 0.00587. The van der Waals surface area contributed by atoms with E-state index in [9.17, 15) is 13.2 Å². The van der Waals surface area contributed by atoms with Crippen molar-refractivity contribution in [3.05, 3.63) is 48.5 Å². The maximum absolute atomic E-state index is 12.4. The Hall–Kier alpha value is -3.09. The second-order valence-electron chi connectivity index (χ2n) is 6.53. The van der Waals surface area contributed by atoms with Crippen molar-refractivity contribution in [1.29, 1.82) is 0 Å². The third-order valence-corrected chi connectivity index (χ3v) is 7.00. The van der Waals surface area contributed by atoms with Gasteiger partial charge in [0.1, 0.15) is 5.75 Å². The first-order valence-corrected chi connectivity index (χ1v) is 11.5. The van der Waals surface area contributed by atoms with Gasteiger partial charge in [0, 0.05) is 19.8 Å². The van der Waals surface area contributed by atoms with E-state index in [-0.39, 0.29) is 16.6 Å². The molecule has 1 aromatic heterocycles. The van der Waals surface area contributed by atoms with Crippen molar-refractivity contribution in [2.24, 2.45) is 0 Å². The van der Waals surface area contributed by atoms with E-state index in [4.69, 9.17) is 10.6 Å². The molecule has 0 spiro atoms. The number of amides is 1. The maximum atomic E-state index is 12.4. The van der Waals surface area contributed by atoms with Gasteiger partial charge in [0.05, 0.1) is 23.3 Å². The van der Waals surface area contributed by atoms with Crippen molar-refractivity contribution in [2.45, 2.75) is 10.1 Å². The number of anilines is 1. The molecule has 0 saturated carbocycles. The van der Waals surface area contributed by atoms with Crippen LogP contribution < -0.4 is 15.9 Å². The van der Waals surface area contributed by atoms with E-state index in [0.717, 1.165) is 16.1 Å². The maximum Gasteiger partial charge on any atom is 0.242 e.